The maximum absolute atomic E-state index is 12.7. The maximum atomic E-state index is 12.7. The first-order valence-corrected chi connectivity index (χ1v) is 11.2. The van der Waals surface area contributed by atoms with Crippen molar-refractivity contribution < 1.29 is 13.2 Å². The van der Waals surface area contributed by atoms with Crippen LogP contribution in [-0.2, 0) is 10.0 Å². The van der Waals surface area contributed by atoms with Gasteiger partial charge in [0.25, 0.3) is 15.9 Å². The minimum atomic E-state index is -3.66. The third-order valence-corrected chi connectivity index (χ3v) is 6.55. The number of aryl methyl sites for hydroxylation is 3. The molecule has 3 aromatic rings. The van der Waals surface area contributed by atoms with Crippen LogP contribution in [0.2, 0.25) is 0 Å². The van der Waals surface area contributed by atoms with Gasteiger partial charge in [0.05, 0.1) is 10.9 Å². The molecule has 3 rings (SSSR count). The molecule has 6 heteroatoms. The molecule has 0 aromatic heterocycles. The van der Waals surface area contributed by atoms with Crippen molar-refractivity contribution in [3.8, 4) is 0 Å². The summed E-state index contributed by atoms with van der Waals surface area (Å²) in [5, 5.41) is 3.02. The second kappa shape index (κ2) is 8.71. The highest BCUT2D eigenvalue weighted by Gasteiger charge is 2.16. The van der Waals surface area contributed by atoms with E-state index < -0.39 is 10.0 Å². The molecule has 0 saturated heterocycles. The number of anilines is 1. The number of amides is 1. The van der Waals surface area contributed by atoms with Gasteiger partial charge in [-0.15, -0.1) is 0 Å². The van der Waals surface area contributed by atoms with Crippen LogP contribution in [0.3, 0.4) is 0 Å². The smallest absolute Gasteiger partial charge is 0.261 e. The van der Waals surface area contributed by atoms with Crippen LogP contribution < -0.4 is 10.0 Å². The molecule has 0 unspecified atom stereocenters. The van der Waals surface area contributed by atoms with Crippen LogP contribution in [0.5, 0.6) is 0 Å². The van der Waals surface area contributed by atoms with Crippen molar-refractivity contribution in [2.24, 2.45) is 0 Å². The Hall–Kier alpha value is -3.12. The van der Waals surface area contributed by atoms with Crippen LogP contribution in [0.1, 0.15) is 45.6 Å². The summed E-state index contributed by atoms with van der Waals surface area (Å²) in [6.07, 6.45) is 0. The van der Waals surface area contributed by atoms with Gasteiger partial charge in [-0.3, -0.25) is 9.52 Å². The topological polar surface area (TPSA) is 75.3 Å². The van der Waals surface area contributed by atoms with Gasteiger partial charge in [0.2, 0.25) is 0 Å². The predicted octanol–water partition coefficient (Wildman–Crippen LogP) is 4.90. The standard InChI is InChI=1S/C24H26N2O3S/c1-16-14-18(3)23(15-17(16)2)19(4)25-24(27)20-10-12-21(13-11-20)26-30(28,29)22-8-6-5-7-9-22/h5-15,19,26H,1-4H3,(H,25,27)/t19-/m0/s1. The van der Waals surface area contributed by atoms with Crippen LogP contribution in [0, 0.1) is 20.8 Å². The fourth-order valence-electron chi connectivity index (χ4n) is 3.31. The molecule has 0 aliphatic rings. The first-order valence-electron chi connectivity index (χ1n) is 9.74. The van der Waals surface area contributed by atoms with Gasteiger partial charge in [0.1, 0.15) is 0 Å². The van der Waals surface area contributed by atoms with Gasteiger partial charge in [0.15, 0.2) is 0 Å². The maximum Gasteiger partial charge on any atom is 0.261 e. The van der Waals surface area contributed by atoms with Crippen LogP contribution in [0.4, 0.5) is 5.69 Å². The number of rotatable bonds is 6. The molecule has 1 atom stereocenters. The molecule has 0 radical (unpaired) electrons. The van der Waals surface area contributed by atoms with Crippen molar-refractivity contribution in [2.75, 3.05) is 4.72 Å². The molecular formula is C24H26N2O3S. The van der Waals surface area contributed by atoms with E-state index in [4.69, 9.17) is 0 Å². The highest BCUT2D eigenvalue weighted by molar-refractivity contribution is 7.92. The van der Waals surface area contributed by atoms with Gasteiger partial charge in [-0.05, 0) is 86.3 Å². The summed E-state index contributed by atoms with van der Waals surface area (Å²) in [6.45, 7) is 8.13. The first-order chi connectivity index (χ1) is 14.2. The van der Waals surface area contributed by atoms with Gasteiger partial charge in [-0.1, -0.05) is 30.3 Å². The molecule has 0 aliphatic carbocycles. The molecule has 156 valence electrons. The lowest BCUT2D eigenvalue weighted by molar-refractivity contribution is 0.0940. The summed E-state index contributed by atoms with van der Waals surface area (Å²) in [5.74, 6) is -0.211. The second-order valence-electron chi connectivity index (χ2n) is 7.48. The van der Waals surface area contributed by atoms with Crippen molar-refractivity contribution in [1.82, 2.24) is 5.32 Å². The average molecular weight is 423 g/mol. The largest absolute Gasteiger partial charge is 0.346 e. The van der Waals surface area contributed by atoms with E-state index in [0.717, 1.165) is 11.1 Å². The highest BCUT2D eigenvalue weighted by Crippen LogP contribution is 2.22. The van der Waals surface area contributed by atoms with Crippen LogP contribution in [0.25, 0.3) is 0 Å². The number of carbonyl (C=O) groups is 1. The van der Waals surface area contributed by atoms with E-state index in [2.05, 4.69) is 36.0 Å². The second-order valence-corrected chi connectivity index (χ2v) is 9.17. The zero-order valence-electron chi connectivity index (χ0n) is 17.6. The number of hydrogen-bond donors (Lipinski definition) is 2. The van der Waals surface area contributed by atoms with Gasteiger partial charge in [-0.2, -0.15) is 0 Å². The van der Waals surface area contributed by atoms with Crippen molar-refractivity contribution >= 4 is 21.6 Å². The number of nitrogens with one attached hydrogen (secondary N) is 2. The molecule has 3 aromatic carbocycles. The van der Waals surface area contributed by atoms with Crippen LogP contribution >= 0.6 is 0 Å². The molecular weight excluding hydrogens is 396 g/mol. The zero-order chi connectivity index (χ0) is 21.9. The first kappa shape index (κ1) is 21.6. The van der Waals surface area contributed by atoms with E-state index in [-0.39, 0.29) is 16.8 Å². The third kappa shape index (κ3) is 4.89. The van der Waals surface area contributed by atoms with E-state index in [0.29, 0.717) is 11.3 Å². The van der Waals surface area contributed by atoms with Crippen molar-refractivity contribution in [1.29, 1.82) is 0 Å². The fraction of sp³-hybridized carbons (Fsp3) is 0.208. The Labute approximate surface area is 178 Å². The summed E-state index contributed by atoms with van der Waals surface area (Å²) < 4.78 is 27.4. The Morgan fingerprint density at radius 3 is 2.07 bits per heavy atom. The normalized spacial score (nSPS) is 12.3. The Kier molecular flexibility index (Phi) is 6.27. The average Bonchev–Trinajstić information content (AvgIpc) is 2.71. The predicted molar refractivity (Wildman–Crippen MR) is 120 cm³/mol. The Morgan fingerprint density at radius 2 is 1.43 bits per heavy atom. The van der Waals surface area contributed by atoms with Gasteiger partial charge < -0.3 is 5.32 Å². The quantitative estimate of drug-likeness (QED) is 0.593. The Bertz CT molecular complexity index is 1160. The number of benzene rings is 3. The molecule has 0 fully saturated rings. The lowest BCUT2D eigenvalue weighted by Crippen LogP contribution is -2.27. The Morgan fingerprint density at radius 1 is 0.833 bits per heavy atom. The minimum Gasteiger partial charge on any atom is -0.346 e. The van der Waals surface area contributed by atoms with Gasteiger partial charge in [0, 0.05) is 11.3 Å². The highest BCUT2D eigenvalue weighted by atomic mass is 32.2. The molecule has 0 spiro atoms. The zero-order valence-corrected chi connectivity index (χ0v) is 18.4. The van der Waals surface area contributed by atoms with Gasteiger partial charge >= 0.3 is 0 Å². The summed E-state index contributed by atoms with van der Waals surface area (Å²) in [4.78, 5) is 12.8. The van der Waals surface area contributed by atoms with E-state index in [1.165, 1.54) is 23.3 Å². The van der Waals surface area contributed by atoms with E-state index in [1.54, 1.807) is 42.5 Å². The SMILES string of the molecule is Cc1cc(C)c([C@H](C)NC(=O)c2ccc(NS(=O)(=O)c3ccccc3)cc2)cc1C. The molecule has 1 amide bonds. The third-order valence-electron chi connectivity index (χ3n) is 5.15. The molecule has 0 aliphatic heterocycles. The minimum absolute atomic E-state index is 0.145. The number of hydrogen-bond acceptors (Lipinski definition) is 3. The van der Waals surface area contributed by atoms with Crippen molar-refractivity contribution in [3.63, 3.8) is 0 Å². The van der Waals surface area contributed by atoms with Crippen LogP contribution in [0.15, 0.2) is 71.6 Å². The fourth-order valence-corrected chi connectivity index (χ4v) is 4.39. The summed E-state index contributed by atoms with van der Waals surface area (Å²) >= 11 is 0. The molecule has 5 nitrogen and oxygen atoms in total. The molecule has 0 heterocycles. The molecule has 2 N–H and O–H groups in total. The van der Waals surface area contributed by atoms with Crippen LogP contribution in [-0.4, -0.2) is 14.3 Å². The summed E-state index contributed by atoms with van der Waals surface area (Å²) in [7, 11) is -3.66. The monoisotopic (exact) mass is 422 g/mol. The number of carbonyl (C=O) groups excluding carboxylic acids is 1. The molecule has 0 bridgehead atoms. The van der Waals surface area contributed by atoms with E-state index >= 15 is 0 Å². The molecule has 0 saturated carbocycles. The van der Waals surface area contributed by atoms with E-state index in [9.17, 15) is 13.2 Å². The molecule has 30 heavy (non-hydrogen) atoms. The van der Waals surface area contributed by atoms with Crippen molar-refractivity contribution in [2.45, 2.75) is 38.6 Å². The lowest BCUT2D eigenvalue weighted by Gasteiger charge is -2.18. The Balaban J connectivity index is 1.70. The van der Waals surface area contributed by atoms with E-state index in [1.807, 2.05) is 13.8 Å². The van der Waals surface area contributed by atoms with Gasteiger partial charge in [-0.25, -0.2) is 8.42 Å². The number of sulfonamides is 1. The van der Waals surface area contributed by atoms with Crippen molar-refractivity contribution in [3.05, 3.63) is 94.5 Å². The lowest BCUT2D eigenvalue weighted by atomic mass is 9.96. The summed E-state index contributed by atoms with van der Waals surface area (Å²) in [6, 6.07) is 18.6. The summed E-state index contributed by atoms with van der Waals surface area (Å²) in [5.41, 5.74) is 5.49.